The molecule has 1 aliphatic heterocycles. The van der Waals surface area contributed by atoms with E-state index in [1.165, 1.54) is 35.8 Å². The van der Waals surface area contributed by atoms with Gasteiger partial charge in [0.05, 0.1) is 34.0 Å². The van der Waals surface area contributed by atoms with Crippen molar-refractivity contribution in [2.75, 3.05) is 12.8 Å². The average molecular weight is 475 g/mol. The number of nitrogens with one attached hydrogen (secondary N) is 1. The van der Waals surface area contributed by atoms with Gasteiger partial charge in [0.2, 0.25) is 0 Å². The van der Waals surface area contributed by atoms with Crippen molar-refractivity contribution in [3.8, 4) is 0 Å². The van der Waals surface area contributed by atoms with E-state index in [1.807, 2.05) is 0 Å². The van der Waals surface area contributed by atoms with Crippen LogP contribution in [0.5, 0.6) is 0 Å². The van der Waals surface area contributed by atoms with Crippen LogP contribution in [-0.2, 0) is 15.6 Å². The monoisotopic (exact) mass is 475 g/mol. The van der Waals surface area contributed by atoms with E-state index in [2.05, 4.69) is 4.98 Å². The van der Waals surface area contributed by atoms with E-state index in [0.717, 1.165) is 17.0 Å². The lowest BCUT2D eigenvalue weighted by molar-refractivity contribution is 0.0744. The first kappa shape index (κ1) is 21.3. The Labute approximate surface area is 185 Å². The van der Waals surface area contributed by atoms with Crippen LogP contribution in [-0.4, -0.2) is 41.4 Å². The van der Waals surface area contributed by atoms with E-state index in [1.54, 1.807) is 6.20 Å². The van der Waals surface area contributed by atoms with Gasteiger partial charge in [-0.2, -0.15) is 0 Å². The molecule has 1 atom stereocenters. The number of hydrogen-bond donors (Lipinski definition) is 1. The molecule has 170 valence electrons. The first-order valence-electron chi connectivity index (χ1n) is 9.83. The van der Waals surface area contributed by atoms with Crippen LogP contribution in [0.4, 0.5) is 13.2 Å². The van der Waals surface area contributed by atoms with Crippen molar-refractivity contribution < 1.29 is 26.4 Å². The van der Waals surface area contributed by atoms with Crippen molar-refractivity contribution in [1.29, 1.82) is 0 Å². The summed E-state index contributed by atoms with van der Waals surface area (Å²) in [6.45, 7) is 0. The summed E-state index contributed by atoms with van der Waals surface area (Å²) in [4.78, 5) is 29.3. The maximum Gasteiger partial charge on any atom is 0.256 e. The third-order valence-electron chi connectivity index (χ3n) is 5.91. The Morgan fingerprint density at radius 2 is 1.82 bits per heavy atom. The summed E-state index contributed by atoms with van der Waals surface area (Å²) in [5.41, 5.74) is -0.246. The highest BCUT2D eigenvalue weighted by Crippen LogP contribution is 2.36. The smallest absolute Gasteiger partial charge is 0.256 e. The fraction of sp³-hybridized carbons (Fsp3) is 0.182. The number of carbonyl (C=O) groups is 1. The number of amides is 1. The molecule has 0 saturated heterocycles. The molecule has 3 aromatic heterocycles. The molecule has 0 bridgehead atoms. The van der Waals surface area contributed by atoms with Gasteiger partial charge in [0.15, 0.2) is 21.5 Å². The molecule has 4 heterocycles. The normalized spacial score (nSPS) is 17.3. The number of sulfone groups is 1. The van der Waals surface area contributed by atoms with E-state index < -0.39 is 56.3 Å². The molecule has 1 aliphatic rings. The van der Waals surface area contributed by atoms with Gasteiger partial charge in [-0.3, -0.25) is 9.59 Å². The van der Waals surface area contributed by atoms with Gasteiger partial charge in [0.25, 0.3) is 11.5 Å². The van der Waals surface area contributed by atoms with Crippen LogP contribution in [0.2, 0.25) is 0 Å². The molecule has 1 N–H and O–H groups in total. The van der Waals surface area contributed by atoms with Gasteiger partial charge in [-0.05, 0) is 35.7 Å². The minimum absolute atomic E-state index is 0.0162. The number of benzene rings is 1. The predicted molar refractivity (Wildman–Crippen MR) is 114 cm³/mol. The molecule has 11 heteroatoms. The molecule has 33 heavy (non-hydrogen) atoms. The van der Waals surface area contributed by atoms with Gasteiger partial charge in [-0.1, -0.05) is 0 Å². The van der Waals surface area contributed by atoms with Crippen molar-refractivity contribution in [3.63, 3.8) is 0 Å². The SMILES string of the molecule is CN(C(=O)c1cc2c(F)cccn2c1)[C@H]1CS(=O)(=O)Cc2[nH]c(=O)c3cc(F)c(F)cc3c21. The van der Waals surface area contributed by atoms with E-state index in [-0.39, 0.29) is 33.1 Å². The highest BCUT2D eigenvalue weighted by molar-refractivity contribution is 7.90. The molecule has 5 rings (SSSR count). The Hall–Kier alpha value is -3.60. The number of aromatic amines is 1. The standard InChI is InChI=1S/C22H16F3N3O4S/c1-27(22(30)11-5-18-14(23)3-2-4-28(18)8-11)19-10-33(31,32)9-17-20(19)12-6-15(24)16(25)7-13(12)21(29)26-17/h2-8,19H,9-10H2,1H3,(H,26,29)/t19-/m0/s1. The minimum Gasteiger partial charge on any atom is -0.333 e. The number of H-pyrrole nitrogens is 1. The molecule has 0 unspecified atom stereocenters. The van der Waals surface area contributed by atoms with Crippen molar-refractivity contribution in [3.05, 3.63) is 87.4 Å². The maximum atomic E-state index is 14.1. The Morgan fingerprint density at radius 3 is 2.52 bits per heavy atom. The summed E-state index contributed by atoms with van der Waals surface area (Å²) < 4.78 is 68.6. The van der Waals surface area contributed by atoms with Crippen molar-refractivity contribution in [1.82, 2.24) is 14.3 Å². The lowest BCUT2D eigenvalue weighted by Crippen LogP contribution is -2.39. The highest BCUT2D eigenvalue weighted by atomic mass is 32.2. The number of hydrogen-bond acceptors (Lipinski definition) is 4. The molecule has 0 fully saturated rings. The average Bonchev–Trinajstić information content (AvgIpc) is 3.18. The quantitative estimate of drug-likeness (QED) is 0.483. The number of rotatable bonds is 2. The second kappa shape index (κ2) is 7.20. The van der Waals surface area contributed by atoms with E-state index in [9.17, 15) is 31.2 Å². The summed E-state index contributed by atoms with van der Waals surface area (Å²) in [7, 11) is -2.37. The van der Waals surface area contributed by atoms with Crippen molar-refractivity contribution >= 4 is 32.0 Å². The van der Waals surface area contributed by atoms with Crippen molar-refractivity contribution in [2.24, 2.45) is 0 Å². The summed E-state index contributed by atoms with van der Waals surface area (Å²) in [6.07, 6.45) is 2.97. The number of aromatic nitrogens is 2. The third-order valence-corrected chi connectivity index (χ3v) is 7.46. The van der Waals surface area contributed by atoms with Crippen LogP contribution >= 0.6 is 0 Å². The summed E-state index contributed by atoms with van der Waals surface area (Å²) in [6, 6.07) is 4.54. The number of pyridine rings is 2. The summed E-state index contributed by atoms with van der Waals surface area (Å²) in [5, 5.41) is -0.130. The summed E-state index contributed by atoms with van der Waals surface area (Å²) in [5.74, 6) is -4.55. The molecule has 1 aromatic carbocycles. The van der Waals surface area contributed by atoms with E-state index in [4.69, 9.17) is 0 Å². The second-order valence-electron chi connectivity index (χ2n) is 8.02. The van der Waals surface area contributed by atoms with Gasteiger partial charge in [0, 0.05) is 30.7 Å². The van der Waals surface area contributed by atoms with Gasteiger partial charge in [0.1, 0.15) is 5.82 Å². The molecule has 0 saturated carbocycles. The first-order valence-corrected chi connectivity index (χ1v) is 11.7. The van der Waals surface area contributed by atoms with E-state index >= 15 is 0 Å². The Balaban J connectivity index is 1.69. The predicted octanol–water partition coefficient (Wildman–Crippen LogP) is 2.94. The number of fused-ring (bicyclic) bond motifs is 4. The zero-order valence-corrected chi connectivity index (χ0v) is 17.9. The van der Waals surface area contributed by atoms with Crippen LogP contribution in [0, 0.1) is 17.5 Å². The summed E-state index contributed by atoms with van der Waals surface area (Å²) >= 11 is 0. The maximum absolute atomic E-state index is 14.1. The van der Waals surface area contributed by atoms with Gasteiger partial charge >= 0.3 is 0 Å². The Bertz CT molecular complexity index is 1640. The van der Waals surface area contributed by atoms with Crippen LogP contribution in [0.3, 0.4) is 0 Å². The second-order valence-corrected chi connectivity index (χ2v) is 10.1. The van der Waals surface area contributed by atoms with Crippen LogP contribution in [0.15, 0.2) is 47.5 Å². The molecule has 0 spiro atoms. The fourth-order valence-electron chi connectivity index (χ4n) is 4.36. The van der Waals surface area contributed by atoms with Crippen LogP contribution in [0.25, 0.3) is 16.3 Å². The molecule has 7 nitrogen and oxygen atoms in total. The minimum atomic E-state index is -3.74. The van der Waals surface area contributed by atoms with Gasteiger partial charge < -0.3 is 14.3 Å². The Kier molecular flexibility index (Phi) is 4.64. The molecular formula is C22H16F3N3O4S. The lowest BCUT2D eigenvalue weighted by atomic mass is 9.97. The van der Waals surface area contributed by atoms with Crippen LogP contribution in [0.1, 0.15) is 27.7 Å². The van der Waals surface area contributed by atoms with E-state index in [0.29, 0.717) is 0 Å². The lowest BCUT2D eigenvalue weighted by Gasteiger charge is -2.33. The largest absolute Gasteiger partial charge is 0.333 e. The highest BCUT2D eigenvalue weighted by Gasteiger charge is 2.37. The van der Waals surface area contributed by atoms with Crippen LogP contribution < -0.4 is 5.56 Å². The van der Waals surface area contributed by atoms with Gasteiger partial charge in [-0.15, -0.1) is 0 Å². The molecule has 4 aromatic rings. The zero-order valence-electron chi connectivity index (χ0n) is 17.1. The van der Waals surface area contributed by atoms with Crippen molar-refractivity contribution in [2.45, 2.75) is 11.8 Å². The topological polar surface area (TPSA) is 91.7 Å². The number of halogens is 3. The number of carbonyl (C=O) groups excluding carboxylic acids is 1. The number of nitrogens with zero attached hydrogens (tertiary/aromatic N) is 2. The van der Waals surface area contributed by atoms with Gasteiger partial charge in [-0.25, -0.2) is 21.6 Å². The zero-order chi connectivity index (χ0) is 23.7. The molecule has 1 amide bonds. The third kappa shape index (κ3) is 3.39. The molecule has 0 aliphatic carbocycles. The molecular weight excluding hydrogens is 459 g/mol. The Morgan fingerprint density at radius 1 is 1.12 bits per heavy atom. The first-order chi connectivity index (χ1) is 15.6. The molecule has 0 radical (unpaired) electrons. The fourth-order valence-corrected chi connectivity index (χ4v) is 6.01.